The number of hydrogen-bond acceptors (Lipinski definition) is 2. The molecule has 2 nitrogen and oxygen atoms in total. The molecule has 1 heterocycles. The molecule has 0 amide bonds. The van der Waals surface area contributed by atoms with E-state index < -0.39 is 11.6 Å². The predicted molar refractivity (Wildman–Crippen MR) is 65.5 cm³/mol. The minimum Gasteiger partial charge on any atom is -0.493 e. The van der Waals surface area contributed by atoms with E-state index in [0.717, 1.165) is 25.5 Å². The molecule has 1 aromatic carbocycles. The number of rotatable bonds is 2. The molecule has 0 radical (unpaired) electrons. The van der Waals surface area contributed by atoms with Gasteiger partial charge in [-0.05, 0) is 41.4 Å². The van der Waals surface area contributed by atoms with Gasteiger partial charge in [0.1, 0.15) is 5.82 Å². The Balaban J connectivity index is 2.48. The van der Waals surface area contributed by atoms with Gasteiger partial charge in [0.25, 0.3) is 0 Å². The van der Waals surface area contributed by atoms with Crippen molar-refractivity contribution in [1.82, 2.24) is 5.32 Å². The monoisotopic (exact) mass is 305 g/mol. The molecule has 1 saturated heterocycles. The van der Waals surface area contributed by atoms with E-state index in [9.17, 15) is 8.78 Å². The first-order chi connectivity index (χ1) is 8.15. The molecular weight excluding hydrogens is 292 g/mol. The van der Waals surface area contributed by atoms with Crippen molar-refractivity contribution in [3.8, 4) is 5.75 Å². The summed E-state index contributed by atoms with van der Waals surface area (Å²) < 4.78 is 32.9. The Morgan fingerprint density at radius 1 is 1.47 bits per heavy atom. The van der Waals surface area contributed by atoms with Crippen LogP contribution in [0.5, 0.6) is 5.75 Å². The molecule has 1 aliphatic rings. The van der Waals surface area contributed by atoms with Gasteiger partial charge in [0, 0.05) is 18.0 Å². The first-order valence-electron chi connectivity index (χ1n) is 5.57. The van der Waals surface area contributed by atoms with Crippen LogP contribution in [0.25, 0.3) is 0 Å². The van der Waals surface area contributed by atoms with E-state index in [1.165, 1.54) is 7.11 Å². The van der Waals surface area contributed by atoms with Crippen molar-refractivity contribution in [1.29, 1.82) is 0 Å². The van der Waals surface area contributed by atoms with E-state index in [1.54, 1.807) is 0 Å². The molecule has 1 aliphatic heterocycles. The van der Waals surface area contributed by atoms with Crippen LogP contribution in [0, 0.1) is 11.6 Å². The average molecular weight is 306 g/mol. The van der Waals surface area contributed by atoms with Crippen LogP contribution in [0.4, 0.5) is 8.78 Å². The normalized spacial score (nSPS) is 20.4. The lowest BCUT2D eigenvalue weighted by atomic mass is 9.90. The van der Waals surface area contributed by atoms with Crippen molar-refractivity contribution in [3.05, 3.63) is 27.7 Å². The predicted octanol–water partition coefficient (Wildman–Crippen LogP) is 3.20. The number of hydrogen-bond donors (Lipinski definition) is 1. The Hall–Kier alpha value is -0.680. The summed E-state index contributed by atoms with van der Waals surface area (Å²) in [5, 5.41) is 3.19. The Morgan fingerprint density at radius 3 is 2.82 bits per heavy atom. The molecule has 1 N–H and O–H groups in total. The highest BCUT2D eigenvalue weighted by molar-refractivity contribution is 9.10. The Labute approximate surface area is 107 Å². The van der Waals surface area contributed by atoms with Gasteiger partial charge < -0.3 is 10.1 Å². The molecule has 0 saturated carbocycles. The molecule has 5 heteroatoms. The van der Waals surface area contributed by atoms with Crippen molar-refractivity contribution >= 4 is 15.9 Å². The van der Waals surface area contributed by atoms with Gasteiger partial charge in [0.15, 0.2) is 11.6 Å². The third kappa shape index (κ3) is 2.45. The summed E-state index contributed by atoms with van der Waals surface area (Å²) in [5.41, 5.74) is 0.339. The van der Waals surface area contributed by atoms with Crippen LogP contribution in [-0.2, 0) is 0 Å². The second-order valence-electron chi connectivity index (χ2n) is 4.14. The minimum atomic E-state index is -0.527. The van der Waals surface area contributed by atoms with E-state index in [0.29, 0.717) is 12.1 Å². The summed E-state index contributed by atoms with van der Waals surface area (Å²) in [7, 11) is 1.37. The van der Waals surface area contributed by atoms with Gasteiger partial charge in [-0.3, -0.25) is 0 Å². The average Bonchev–Trinajstić information content (AvgIpc) is 2.34. The number of ether oxygens (including phenoxy) is 1. The zero-order chi connectivity index (χ0) is 12.4. The quantitative estimate of drug-likeness (QED) is 0.847. The highest BCUT2D eigenvalue weighted by atomic mass is 79.9. The number of benzene rings is 1. The molecule has 1 aromatic rings. The van der Waals surface area contributed by atoms with Crippen LogP contribution in [0.2, 0.25) is 0 Å². The molecule has 2 rings (SSSR count). The van der Waals surface area contributed by atoms with Gasteiger partial charge in [0.2, 0.25) is 0 Å². The lowest BCUT2D eigenvalue weighted by Crippen LogP contribution is -2.29. The largest absolute Gasteiger partial charge is 0.493 e. The molecule has 1 unspecified atom stereocenters. The highest BCUT2D eigenvalue weighted by Gasteiger charge is 2.26. The second kappa shape index (κ2) is 5.31. The number of piperidine rings is 1. The van der Waals surface area contributed by atoms with E-state index in [2.05, 4.69) is 21.2 Å². The standard InChI is InChI=1S/C12H14BrF2NO/c1-17-12-9(14)5-8(13)11(15)10(12)7-3-2-4-16-6-7/h5,7,16H,2-4,6H2,1H3. The summed E-state index contributed by atoms with van der Waals surface area (Å²) >= 11 is 3.04. The molecule has 0 aliphatic carbocycles. The van der Waals surface area contributed by atoms with E-state index in [4.69, 9.17) is 4.74 Å². The van der Waals surface area contributed by atoms with Crippen LogP contribution >= 0.6 is 15.9 Å². The maximum absolute atomic E-state index is 14.1. The van der Waals surface area contributed by atoms with E-state index >= 15 is 0 Å². The third-order valence-electron chi connectivity index (χ3n) is 3.07. The molecule has 0 spiro atoms. The van der Waals surface area contributed by atoms with Crippen molar-refractivity contribution in [2.75, 3.05) is 20.2 Å². The molecular formula is C12H14BrF2NO. The van der Waals surface area contributed by atoms with Gasteiger partial charge in [-0.1, -0.05) is 0 Å². The minimum absolute atomic E-state index is 0.0272. The summed E-state index contributed by atoms with van der Waals surface area (Å²) in [6.07, 6.45) is 1.80. The fourth-order valence-electron chi connectivity index (χ4n) is 2.27. The van der Waals surface area contributed by atoms with Gasteiger partial charge in [-0.25, -0.2) is 8.78 Å². The smallest absolute Gasteiger partial charge is 0.166 e. The Kier molecular flexibility index (Phi) is 3.99. The number of nitrogens with one attached hydrogen (secondary N) is 1. The summed E-state index contributed by atoms with van der Waals surface area (Å²) in [4.78, 5) is 0. The van der Waals surface area contributed by atoms with Crippen LogP contribution in [-0.4, -0.2) is 20.2 Å². The number of halogens is 3. The van der Waals surface area contributed by atoms with Gasteiger partial charge in [-0.15, -0.1) is 0 Å². The van der Waals surface area contributed by atoms with E-state index in [1.807, 2.05) is 0 Å². The third-order valence-corrected chi connectivity index (χ3v) is 3.65. The van der Waals surface area contributed by atoms with Crippen LogP contribution in [0.3, 0.4) is 0 Å². The van der Waals surface area contributed by atoms with Crippen molar-refractivity contribution in [3.63, 3.8) is 0 Å². The maximum atomic E-state index is 14.1. The van der Waals surface area contributed by atoms with Crippen LogP contribution in [0.15, 0.2) is 10.5 Å². The topological polar surface area (TPSA) is 21.3 Å². The lowest BCUT2D eigenvalue weighted by Gasteiger charge is -2.25. The highest BCUT2D eigenvalue weighted by Crippen LogP contribution is 2.38. The molecule has 0 bridgehead atoms. The van der Waals surface area contributed by atoms with Crippen molar-refractivity contribution < 1.29 is 13.5 Å². The van der Waals surface area contributed by atoms with Crippen LogP contribution < -0.4 is 10.1 Å². The SMILES string of the molecule is COc1c(F)cc(Br)c(F)c1C1CCCNC1. The second-order valence-corrected chi connectivity index (χ2v) is 5.00. The zero-order valence-corrected chi connectivity index (χ0v) is 11.1. The Morgan fingerprint density at radius 2 is 2.24 bits per heavy atom. The summed E-state index contributed by atoms with van der Waals surface area (Å²) in [6.45, 7) is 1.58. The molecule has 1 fully saturated rings. The van der Waals surface area contributed by atoms with Gasteiger partial charge in [-0.2, -0.15) is 0 Å². The molecule has 94 valence electrons. The number of methoxy groups -OCH3 is 1. The van der Waals surface area contributed by atoms with E-state index in [-0.39, 0.29) is 16.1 Å². The fraction of sp³-hybridized carbons (Fsp3) is 0.500. The zero-order valence-electron chi connectivity index (χ0n) is 9.53. The molecule has 1 atom stereocenters. The molecule has 0 aromatic heterocycles. The summed E-state index contributed by atoms with van der Waals surface area (Å²) in [6, 6.07) is 1.11. The summed E-state index contributed by atoms with van der Waals surface area (Å²) in [5.74, 6) is -0.955. The molecule has 17 heavy (non-hydrogen) atoms. The van der Waals surface area contributed by atoms with Gasteiger partial charge >= 0.3 is 0 Å². The van der Waals surface area contributed by atoms with Crippen LogP contribution in [0.1, 0.15) is 24.3 Å². The maximum Gasteiger partial charge on any atom is 0.166 e. The first kappa shape index (κ1) is 12.8. The van der Waals surface area contributed by atoms with Gasteiger partial charge in [0.05, 0.1) is 11.6 Å². The lowest BCUT2D eigenvalue weighted by molar-refractivity contribution is 0.359. The van der Waals surface area contributed by atoms with Crippen molar-refractivity contribution in [2.24, 2.45) is 0 Å². The Bertz CT molecular complexity index is 419. The fourth-order valence-corrected chi connectivity index (χ4v) is 2.68. The first-order valence-corrected chi connectivity index (χ1v) is 6.36. The van der Waals surface area contributed by atoms with Crippen molar-refractivity contribution in [2.45, 2.75) is 18.8 Å².